The number of nitrogens with one attached hydrogen (secondary N) is 2. The Kier molecular flexibility index (Phi) is 2.03. The predicted octanol–water partition coefficient (Wildman–Crippen LogP) is -1.42. The molecule has 80 valence electrons. The number of aromatic amines is 2. The van der Waals surface area contributed by atoms with Crippen molar-refractivity contribution in [2.75, 3.05) is 0 Å². The third-order valence-electron chi connectivity index (χ3n) is 2.18. The van der Waals surface area contributed by atoms with Crippen LogP contribution in [-0.2, 0) is 6.67 Å². The molecule has 2 N–H and O–H groups in total. The van der Waals surface area contributed by atoms with Crippen LogP contribution >= 0.6 is 0 Å². The molecule has 8 heteroatoms. The summed E-state index contributed by atoms with van der Waals surface area (Å²) in [4.78, 5) is 22.6. The van der Waals surface area contributed by atoms with Crippen molar-refractivity contribution < 1.29 is 0 Å². The second-order valence-electron chi connectivity index (χ2n) is 3.15. The van der Waals surface area contributed by atoms with Crippen molar-refractivity contribution >= 4 is 0 Å². The SMILES string of the molecule is Cc1n[nH]c(=O)n1Cn1c(C)n[nH]c1=O. The van der Waals surface area contributed by atoms with E-state index in [1.54, 1.807) is 13.8 Å². The van der Waals surface area contributed by atoms with Gasteiger partial charge < -0.3 is 0 Å². The topological polar surface area (TPSA) is 101 Å². The van der Waals surface area contributed by atoms with Gasteiger partial charge >= 0.3 is 11.4 Å². The number of aromatic nitrogens is 6. The molecule has 15 heavy (non-hydrogen) atoms. The van der Waals surface area contributed by atoms with Crippen LogP contribution in [0.4, 0.5) is 0 Å². The lowest BCUT2D eigenvalue weighted by atomic mass is 10.6. The number of aryl methyl sites for hydroxylation is 2. The van der Waals surface area contributed by atoms with Crippen LogP contribution in [0.25, 0.3) is 0 Å². The first-order valence-corrected chi connectivity index (χ1v) is 4.33. The first-order valence-electron chi connectivity index (χ1n) is 4.33. The summed E-state index contributed by atoms with van der Waals surface area (Å²) >= 11 is 0. The number of hydrogen-bond donors (Lipinski definition) is 2. The average molecular weight is 210 g/mol. The van der Waals surface area contributed by atoms with Crippen LogP contribution < -0.4 is 11.4 Å². The smallest absolute Gasteiger partial charge is 0.260 e. The van der Waals surface area contributed by atoms with Crippen molar-refractivity contribution in [1.82, 2.24) is 29.5 Å². The van der Waals surface area contributed by atoms with Crippen LogP contribution in [0, 0.1) is 13.8 Å². The van der Waals surface area contributed by atoms with Gasteiger partial charge in [-0.05, 0) is 13.8 Å². The summed E-state index contributed by atoms with van der Waals surface area (Å²) in [7, 11) is 0. The molecule has 0 radical (unpaired) electrons. The Morgan fingerprint density at radius 2 is 1.40 bits per heavy atom. The van der Waals surface area contributed by atoms with E-state index in [0.29, 0.717) is 11.6 Å². The summed E-state index contributed by atoms with van der Waals surface area (Å²) in [6, 6.07) is 0. The van der Waals surface area contributed by atoms with Gasteiger partial charge in [-0.3, -0.25) is 9.13 Å². The molecule has 2 heterocycles. The lowest BCUT2D eigenvalue weighted by molar-refractivity contribution is 0.550. The Morgan fingerprint density at radius 3 is 1.67 bits per heavy atom. The zero-order chi connectivity index (χ0) is 11.0. The van der Waals surface area contributed by atoms with Crippen molar-refractivity contribution in [2.45, 2.75) is 20.5 Å². The first-order chi connectivity index (χ1) is 7.09. The second kappa shape index (κ2) is 3.23. The fourth-order valence-corrected chi connectivity index (χ4v) is 1.27. The predicted molar refractivity (Wildman–Crippen MR) is 50.6 cm³/mol. The first kappa shape index (κ1) is 9.44. The highest BCUT2D eigenvalue weighted by Gasteiger charge is 2.08. The monoisotopic (exact) mass is 210 g/mol. The fourth-order valence-electron chi connectivity index (χ4n) is 1.27. The molecule has 0 saturated carbocycles. The van der Waals surface area contributed by atoms with Crippen molar-refractivity contribution in [3.05, 3.63) is 32.6 Å². The van der Waals surface area contributed by atoms with Crippen molar-refractivity contribution in [2.24, 2.45) is 0 Å². The molecule has 0 fully saturated rings. The van der Waals surface area contributed by atoms with E-state index in [1.165, 1.54) is 9.13 Å². The maximum atomic E-state index is 11.3. The highest BCUT2D eigenvalue weighted by molar-refractivity contribution is 4.86. The molecule has 0 aliphatic carbocycles. The van der Waals surface area contributed by atoms with E-state index in [4.69, 9.17) is 0 Å². The van der Waals surface area contributed by atoms with Gasteiger partial charge in [0.05, 0.1) is 0 Å². The molecule has 8 nitrogen and oxygen atoms in total. The van der Waals surface area contributed by atoms with Crippen LogP contribution in [-0.4, -0.2) is 29.5 Å². The lowest BCUT2D eigenvalue weighted by Gasteiger charge is -2.03. The summed E-state index contributed by atoms with van der Waals surface area (Å²) in [5.74, 6) is 1.04. The van der Waals surface area contributed by atoms with Gasteiger partial charge in [0.15, 0.2) is 0 Å². The maximum Gasteiger partial charge on any atom is 0.344 e. The molecule has 0 aliphatic heterocycles. The maximum absolute atomic E-state index is 11.3. The van der Waals surface area contributed by atoms with Crippen LogP contribution in [0.2, 0.25) is 0 Å². The Bertz CT molecular complexity index is 533. The molecule has 0 unspecified atom stereocenters. The van der Waals surface area contributed by atoms with E-state index < -0.39 is 0 Å². The van der Waals surface area contributed by atoms with Crippen LogP contribution in [0.1, 0.15) is 11.6 Å². The highest BCUT2D eigenvalue weighted by atomic mass is 16.2. The van der Waals surface area contributed by atoms with Crippen molar-refractivity contribution in [1.29, 1.82) is 0 Å². The summed E-state index contributed by atoms with van der Waals surface area (Å²) in [5.41, 5.74) is -0.694. The van der Waals surface area contributed by atoms with Crippen LogP contribution in [0.5, 0.6) is 0 Å². The standard InChI is InChI=1S/C7H10N6O2/c1-4-8-10-6(14)12(4)3-13-5(2)9-11-7(13)15/h3H2,1-2H3,(H,10,14)(H,11,15). The zero-order valence-corrected chi connectivity index (χ0v) is 8.31. The van der Waals surface area contributed by atoms with Gasteiger partial charge in [-0.25, -0.2) is 19.8 Å². The van der Waals surface area contributed by atoms with E-state index in [-0.39, 0.29) is 18.0 Å². The molecule has 0 aromatic carbocycles. The summed E-state index contributed by atoms with van der Waals surface area (Å²) in [6.45, 7) is 3.47. The van der Waals surface area contributed by atoms with Gasteiger partial charge in [0.2, 0.25) is 0 Å². The molecule has 2 aromatic heterocycles. The molecular formula is C7H10N6O2. The van der Waals surface area contributed by atoms with E-state index in [2.05, 4.69) is 20.4 Å². The fraction of sp³-hybridized carbons (Fsp3) is 0.429. The van der Waals surface area contributed by atoms with Gasteiger partial charge in [0, 0.05) is 0 Å². The number of hydrogen-bond acceptors (Lipinski definition) is 4. The summed E-state index contributed by atoms with van der Waals surface area (Å²) in [5, 5.41) is 12.1. The average Bonchev–Trinajstić information content (AvgIpc) is 2.67. The number of H-pyrrole nitrogens is 2. The Morgan fingerprint density at radius 1 is 1.00 bits per heavy atom. The van der Waals surface area contributed by atoms with Gasteiger partial charge in [0.25, 0.3) is 0 Å². The largest absolute Gasteiger partial charge is 0.344 e. The molecule has 0 aliphatic rings. The third-order valence-corrected chi connectivity index (χ3v) is 2.18. The van der Waals surface area contributed by atoms with Gasteiger partial charge in [-0.15, -0.1) is 0 Å². The quantitative estimate of drug-likeness (QED) is 0.635. The summed E-state index contributed by atoms with van der Waals surface area (Å²) in [6.07, 6.45) is 0. The van der Waals surface area contributed by atoms with Crippen LogP contribution in [0.15, 0.2) is 9.59 Å². The Hall–Kier alpha value is -2.12. The van der Waals surface area contributed by atoms with Gasteiger partial charge in [-0.1, -0.05) is 0 Å². The van der Waals surface area contributed by atoms with Gasteiger partial charge in [0.1, 0.15) is 18.3 Å². The molecule has 0 bridgehead atoms. The Labute approximate surface area is 83.6 Å². The number of nitrogens with zero attached hydrogens (tertiary/aromatic N) is 4. The van der Waals surface area contributed by atoms with E-state index in [0.717, 1.165) is 0 Å². The van der Waals surface area contributed by atoms with Crippen molar-refractivity contribution in [3.63, 3.8) is 0 Å². The van der Waals surface area contributed by atoms with E-state index in [1.807, 2.05) is 0 Å². The van der Waals surface area contributed by atoms with E-state index in [9.17, 15) is 9.59 Å². The minimum Gasteiger partial charge on any atom is -0.260 e. The summed E-state index contributed by atoms with van der Waals surface area (Å²) < 4.78 is 2.70. The molecule has 0 amide bonds. The minimum absolute atomic E-state index is 0.113. The molecule has 0 saturated heterocycles. The molecule has 0 spiro atoms. The molecule has 0 atom stereocenters. The van der Waals surface area contributed by atoms with Crippen LogP contribution in [0.3, 0.4) is 0 Å². The number of rotatable bonds is 2. The highest BCUT2D eigenvalue weighted by Crippen LogP contribution is 1.91. The lowest BCUT2D eigenvalue weighted by Crippen LogP contribution is -2.28. The van der Waals surface area contributed by atoms with Crippen molar-refractivity contribution in [3.8, 4) is 0 Å². The van der Waals surface area contributed by atoms with E-state index >= 15 is 0 Å². The normalized spacial score (nSPS) is 10.8. The minimum atomic E-state index is -0.347. The molecule has 2 aromatic rings. The molecule has 2 rings (SSSR count). The Balaban J connectivity index is 2.46. The zero-order valence-electron chi connectivity index (χ0n) is 8.31. The molecular weight excluding hydrogens is 200 g/mol. The third kappa shape index (κ3) is 1.49. The second-order valence-corrected chi connectivity index (χ2v) is 3.15. The van der Waals surface area contributed by atoms with Gasteiger partial charge in [-0.2, -0.15) is 10.2 Å².